The van der Waals surface area contributed by atoms with Crippen molar-refractivity contribution >= 4 is 10.0 Å². The summed E-state index contributed by atoms with van der Waals surface area (Å²) in [6.07, 6.45) is 4.16. The van der Waals surface area contributed by atoms with Crippen LogP contribution in [-0.4, -0.2) is 20.1 Å². The summed E-state index contributed by atoms with van der Waals surface area (Å²) in [6.45, 7) is 1.96. The number of rotatable bonds is 6. The van der Waals surface area contributed by atoms with Gasteiger partial charge in [0.15, 0.2) is 0 Å². The van der Waals surface area contributed by atoms with Crippen molar-refractivity contribution in [1.29, 1.82) is 0 Å². The first-order chi connectivity index (χ1) is 9.42. The molecule has 0 aromatic heterocycles. The van der Waals surface area contributed by atoms with E-state index >= 15 is 0 Å². The van der Waals surface area contributed by atoms with E-state index in [2.05, 4.69) is 11.6 Å². The molecule has 1 saturated carbocycles. The Morgan fingerprint density at radius 1 is 1.40 bits per heavy atom. The van der Waals surface area contributed by atoms with E-state index in [-0.39, 0.29) is 15.9 Å². The van der Waals surface area contributed by atoms with Crippen LogP contribution in [-0.2, 0) is 16.6 Å². The predicted molar refractivity (Wildman–Crippen MR) is 74.1 cm³/mol. The lowest BCUT2D eigenvalue weighted by Gasteiger charge is -2.41. The molecule has 0 aliphatic heterocycles. The summed E-state index contributed by atoms with van der Waals surface area (Å²) in [5.41, 5.74) is 0.0640. The Morgan fingerprint density at radius 2 is 2.10 bits per heavy atom. The fraction of sp³-hybridized carbons (Fsp3) is 0.571. The summed E-state index contributed by atoms with van der Waals surface area (Å²) in [5, 5.41) is 9.00. The van der Waals surface area contributed by atoms with Crippen LogP contribution in [0.5, 0.6) is 0 Å². The van der Waals surface area contributed by atoms with Crippen molar-refractivity contribution in [3.05, 3.63) is 29.6 Å². The Kier molecular flexibility index (Phi) is 4.46. The molecule has 4 nitrogen and oxygen atoms in total. The van der Waals surface area contributed by atoms with Crippen molar-refractivity contribution in [2.24, 2.45) is 5.41 Å². The molecule has 0 saturated heterocycles. The average molecular weight is 301 g/mol. The van der Waals surface area contributed by atoms with Crippen molar-refractivity contribution in [2.75, 3.05) is 6.54 Å². The number of benzene rings is 1. The number of aliphatic hydroxyl groups excluding tert-OH is 1. The number of nitrogens with one attached hydrogen (secondary N) is 1. The SMILES string of the molecule is CCC1(CNS(=O)(=O)c2ccc(F)c(CO)c2)CCC1. The van der Waals surface area contributed by atoms with Crippen LogP contribution in [0.2, 0.25) is 0 Å². The molecule has 2 rings (SSSR count). The maximum atomic E-state index is 13.3. The molecule has 1 aliphatic rings. The van der Waals surface area contributed by atoms with Gasteiger partial charge >= 0.3 is 0 Å². The zero-order chi connectivity index (χ0) is 14.8. The van der Waals surface area contributed by atoms with E-state index in [4.69, 9.17) is 5.11 Å². The molecule has 0 atom stereocenters. The van der Waals surface area contributed by atoms with Crippen LogP contribution in [0, 0.1) is 11.2 Å². The first kappa shape index (κ1) is 15.4. The molecule has 112 valence electrons. The predicted octanol–water partition coefficient (Wildman–Crippen LogP) is 2.18. The van der Waals surface area contributed by atoms with E-state index in [1.165, 1.54) is 12.1 Å². The van der Waals surface area contributed by atoms with Crippen LogP contribution in [0.25, 0.3) is 0 Å². The topological polar surface area (TPSA) is 66.4 Å². The summed E-state index contributed by atoms with van der Waals surface area (Å²) in [7, 11) is -3.66. The van der Waals surface area contributed by atoms with Gasteiger partial charge in [-0.15, -0.1) is 0 Å². The highest BCUT2D eigenvalue weighted by atomic mass is 32.2. The van der Waals surface area contributed by atoms with Gasteiger partial charge < -0.3 is 5.11 Å². The molecule has 2 N–H and O–H groups in total. The quantitative estimate of drug-likeness (QED) is 0.846. The largest absolute Gasteiger partial charge is 0.392 e. The van der Waals surface area contributed by atoms with Crippen LogP contribution < -0.4 is 4.72 Å². The molecule has 0 radical (unpaired) electrons. The van der Waals surface area contributed by atoms with Gasteiger partial charge in [0.05, 0.1) is 11.5 Å². The van der Waals surface area contributed by atoms with Gasteiger partial charge in [0.1, 0.15) is 5.82 Å². The first-order valence-corrected chi connectivity index (χ1v) is 8.30. The normalized spacial score (nSPS) is 17.8. The highest BCUT2D eigenvalue weighted by Gasteiger charge is 2.36. The van der Waals surface area contributed by atoms with E-state index in [1.54, 1.807) is 0 Å². The minimum absolute atomic E-state index is 0.00599. The lowest BCUT2D eigenvalue weighted by atomic mass is 9.67. The lowest BCUT2D eigenvalue weighted by Crippen LogP contribution is -2.41. The molecule has 0 bridgehead atoms. The molecule has 0 amide bonds. The van der Waals surface area contributed by atoms with E-state index in [9.17, 15) is 12.8 Å². The fourth-order valence-corrected chi connectivity index (χ4v) is 3.71. The molecule has 0 unspecified atom stereocenters. The van der Waals surface area contributed by atoms with Crippen LogP contribution in [0.4, 0.5) is 4.39 Å². The standard InChI is InChI=1S/C14H20FNO3S/c1-2-14(6-3-7-14)10-16-20(18,19)12-4-5-13(15)11(8-12)9-17/h4-5,8,16-17H,2-3,6-7,9-10H2,1H3. The third-order valence-corrected chi connectivity index (χ3v) is 5.70. The number of aliphatic hydroxyl groups is 1. The van der Waals surface area contributed by atoms with Crippen molar-refractivity contribution in [3.8, 4) is 0 Å². The van der Waals surface area contributed by atoms with Gasteiger partial charge in [0, 0.05) is 12.1 Å². The van der Waals surface area contributed by atoms with Gasteiger partial charge in [-0.05, 0) is 42.9 Å². The molecule has 1 aromatic carbocycles. The molecular formula is C14H20FNO3S. The number of halogens is 1. The van der Waals surface area contributed by atoms with Crippen LogP contribution in [0.3, 0.4) is 0 Å². The Labute approximate surface area is 119 Å². The summed E-state index contributed by atoms with van der Waals surface area (Å²) < 4.78 is 40.3. The third-order valence-electron chi connectivity index (χ3n) is 4.30. The lowest BCUT2D eigenvalue weighted by molar-refractivity contribution is 0.133. The van der Waals surface area contributed by atoms with E-state index in [0.717, 1.165) is 31.7 Å². The Balaban J connectivity index is 2.14. The van der Waals surface area contributed by atoms with Gasteiger partial charge in [-0.2, -0.15) is 0 Å². The zero-order valence-corrected chi connectivity index (χ0v) is 12.3. The van der Waals surface area contributed by atoms with Gasteiger partial charge in [0.25, 0.3) is 0 Å². The molecule has 0 heterocycles. The van der Waals surface area contributed by atoms with Crippen LogP contribution in [0.15, 0.2) is 23.1 Å². The van der Waals surface area contributed by atoms with E-state index in [1.807, 2.05) is 0 Å². The Morgan fingerprint density at radius 3 is 2.60 bits per heavy atom. The second kappa shape index (κ2) is 5.79. The molecular weight excluding hydrogens is 281 g/mol. The summed E-state index contributed by atoms with van der Waals surface area (Å²) >= 11 is 0. The fourth-order valence-electron chi connectivity index (χ4n) is 2.50. The maximum absolute atomic E-state index is 13.3. The third kappa shape index (κ3) is 3.02. The number of sulfonamides is 1. The van der Waals surface area contributed by atoms with Crippen LogP contribution >= 0.6 is 0 Å². The minimum Gasteiger partial charge on any atom is -0.392 e. The van der Waals surface area contributed by atoms with Gasteiger partial charge in [-0.1, -0.05) is 13.3 Å². The Bertz CT molecular complexity index is 577. The summed E-state index contributed by atoms with van der Waals surface area (Å²) in [4.78, 5) is -0.00599. The smallest absolute Gasteiger partial charge is 0.240 e. The molecule has 20 heavy (non-hydrogen) atoms. The van der Waals surface area contributed by atoms with E-state index in [0.29, 0.717) is 6.54 Å². The van der Waals surface area contributed by atoms with Crippen molar-refractivity contribution < 1.29 is 17.9 Å². The number of hydrogen-bond acceptors (Lipinski definition) is 3. The van der Waals surface area contributed by atoms with E-state index < -0.39 is 22.4 Å². The maximum Gasteiger partial charge on any atom is 0.240 e. The highest BCUT2D eigenvalue weighted by molar-refractivity contribution is 7.89. The number of hydrogen-bond donors (Lipinski definition) is 2. The van der Waals surface area contributed by atoms with Gasteiger partial charge in [-0.3, -0.25) is 0 Å². The molecule has 6 heteroatoms. The minimum atomic E-state index is -3.66. The second-order valence-electron chi connectivity index (χ2n) is 5.44. The molecule has 0 spiro atoms. The van der Waals surface area contributed by atoms with Gasteiger partial charge in [0.2, 0.25) is 10.0 Å². The monoisotopic (exact) mass is 301 g/mol. The van der Waals surface area contributed by atoms with Crippen molar-refractivity contribution in [3.63, 3.8) is 0 Å². The highest BCUT2D eigenvalue weighted by Crippen LogP contribution is 2.43. The molecule has 1 fully saturated rings. The first-order valence-electron chi connectivity index (χ1n) is 6.81. The average Bonchev–Trinajstić information content (AvgIpc) is 2.38. The Hall–Kier alpha value is -0.980. The molecule has 1 aliphatic carbocycles. The summed E-state index contributed by atoms with van der Waals surface area (Å²) in [6, 6.07) is 3.46. The second-order valence-corrected chi connectivity index (χ2v) is 7.21. The van der Waals surface area contributed by atoms with Crippen molar-refractivity contribution in [2.45, 2.75) is 44.1 Å². The summed E-state index contributed by atoms with van der Waals surface area (Å²) in [5.74, 6) is -0.601. The van der Waals surface area contributed by atoms with Crippen molar-refractivity contribution in [1.82, 2.24) is 4.72 Å². The van der Waals surface area contributed by atoms with Gasteiger partial charge in [-0.25, -0.2) is 17.5 Å². The molecule has 1 aromatic rings. The van der Waals surface area contributed by atoms with Crippen LogP contribution in [0.1, 0.15) is 38.2 Å². The zero-order valence-electron chi connectivity index (χ0n) is 11.5.